The second-order valence-corrected chi connectivity index (χ2v) is 8.78. The Labute approximate surface area is 196 Å². The van der Waals surface area contributed by atoms with Crippen molar-refractivity contribution in [1.29, 1.82) is 0 Å². The van der Waals surface area contributed by atoms with E-state index in [2.05, 4.69) is 17.4 Å². The summed E-state index contributed by atoms with van der Waals surface area (Å²) in [5, 5.41) is 8.22. The van der Waals surface area contributed by atoms with Gasteiger partial charge in [-0.3, -0.25) is 4.79 Å². The van der Waals surface area contributed by atoms with E-state index in [0.717, 1.165) is 44.0 Å². The number of nitrogens with zero attached hydrogens (tertiary/aromatic N) is 4. The molecule has 1 amide bonds. The number of hydrogen-bond acceptors (Lipinski definition) is 5. The average Bonchev–Trinajstić information content (AvgIpc) is 3.09. The van der Waals surface area contributed by atoms with E-state index >= 15 is 0 Å². The molecule has 3 aliphatic rings. The summed E-state index contributed by atoms with van der Waals surface area (Å²) in [4.78, 5) is 19.9. The van der Waals surface area contributed by atoms with Crippen LogP contribution in [0.2, 0.25) is 0 Å². The van der Waals surface area contributed by atoms with Crippen molar-refractivity contribution in [1.82, 2.24) is 25.0 Å². The Morgan fingerprint density at radius 2 is 1.94 bits per heavy atom. The van der Waals surface area contributed by atoms with Crippen LogP contribution in [0.1, 0.15) is 48.9 Å². The fraction of sp³-hybridized carbons (Fsp3) is 0.591. The van der Waals surface area contributed by atoms with Gasteiger partial charge in [0.1, 0.15) is 12.4 Å². The highest BCUT2D eigenvalue weighted by Crippen LogP contribution is 2.32. The molecule has 3 fully saturated rings. The van der Waals surface area contributed by atoms with Crippen molar-refractivity contribution >= 4 is 30.7 Å². The summed E-state index contributed by atoms with van der Waals surface area (Å²) in [6.07, 6.45) is 6.17. The number of nitrogens with two attached hydrogens (primary N) is 1. The SMILES string of the molecule is Cl.Cl.N[C@H](Cc1ccccc1)c1nc(CC2CC2)nn1CC(=O)N1CC[C@@H]2NCC[C@@H]21. The summed E-state index contributed by atoms with van der Waals surface area (Å²) < 4.78 is 1.78. The summed E-state index contributed by atoms with van der Waals surface area (Å²) in [5.41, 5.74) is 7.71. The quantitative estimate of drug-likeness (QED) is 0.653. The van der Waals surface area contributed by atoms with E-state index in [1.54, 1.807) is 4.68 Å². The third-order valence-electron chi connectivity index (χ3n) is 6.54. The molecule has 3 N–H and O–H groups in total. The Morgan fingerprint density at radius 1 is 1.16 bits per heavy atom. The molecule has 9 heteroatoms. The van der Waals surface area contributed by atoms with Gasteiger partial charge in [-0.05, 0) is 50.1 Å². The first-order valence-electron chi connectivity index (χ1n) is 10.9. The van der Waals surface area contributed by atoms with E-state index in [1.165, 1.54) is 18.4 Å². The van der Waals surface area contributed by atoms with E-state index in [4.69, 9.17) is 15.8 Å². The molecule has 2 aliphatic heterocycles. The number of carbonyl (C=O) groups excluding carboxylic acids is 1. The van der Waals surface area contributed by atoms with Crippen molar-refractivity contribution in [2.45, 2.75) is 63.2 Å². The molecule has 0 unspecified atom stereocenters. The van der Waals surface area contributed by atoms with Crippen molar-refractivity contribution in [2.24, 2.45) is 11.7 Å². The molecule has 0 spiro atoms. The van der Waals surface area contributed by atoms with E-state index in [-0.39, 0.29) is 43.3 Å². The van der Waals surface area contributed by atoms with Crippen molar-refractivity contribution in [2.75, 3.05) is 13.1 Å². The minimum absolute atomic E-state index is 0. The summed E-state index contributed by atoms with van der Waals surface area (Å²) in [5.74, 6) is 2.40. The van der Waals surface area contributed by atoms with E-state index in [1.807, 2.05) is 23.1 Å². The Kier molecular flexibility index (Phi) is 7.97. The number of halogens is 2. The van der Waals surface area contributed by atoms with Gasteiger partial charge in [-0.15, -0.1) is 24.8 Å². The molecule has 7 nitrogen and oxygen atoms in total. The fourth-order valence-corrected chi connectivity index (χ4v) is 4.81. The minimum atomic E-state index is -0.273. The summed E-state index contributed by atoms with van der Waals surface area (Å²) in [6, 6.07) is 10.7. The minimum Gasteiger partial charge on any atom is -0.336 e. The van der Waals surface area contributed by atoms with E-state index < -0.39 is 0 Å². The van der Waals surface area contributed by atoms with Crippen molar-refractivity contribution in [3.8, 4) is 0 Å². The predicted molar refractivity (Wildman–Crippen MR) is 125 cm³/mol. The summed E-state index contributed by atoms with van der Waals surface area (Å²) >= 11 is 0. The lowest BCUT2D eigenvalue weighted by molar-refractivity contribution is -0.132. The van der Waals surface area contributed by atoms with Crippen LogP contribution >= 0.6 is 24.8 Å². The molecule has 1 saturated carbocycles. The van der Waals surface area contributed by atoms with Crippen LogP contribution in [0.4, 0.5) is 0 Å². The smallest absolute Gasteiger partial charge is 0.244 e. The summed E-state index contributed by atoms with van der Waals surface area (Å²) in [7, 11) is 0. The average molecular weight is 467 g/mol. The van der Waals surface area contributed by atoms with Crippen molar-refractivity contribution in [3.63, 3.8) is 0 Å². The molecule has 0 bridgehead atoms. The van der Waals surface area contributed by atoms with E-state index in [9.17, 15) is 4.79 Å². The van der Waals surface area contributed by atoms with Crippen molar-refractivity contribution in [3.05, 3.63) is 47.5 Å². The lowest BCUT2D eigenvalue weighted by Crippen LogP contribution is -2.40. The molecule has 0 radical (unpaired) electrons. The Balaban J connectivity index is 0.00000136. The third-order valence-corrected chi connectivity index (χ3v) is 6.54. The maximum absolute atomic E-state index is 13.1. The van der Waals surface area contributed by atoms with Crippen LogP contribution in [0, 0.1) is 5.92 Å². The molecule has 2 aromatic rings. The molecule has 3 heterocycles. The van der Waals surface area contributed by atoms with Crippen LogP contribution in [-0.4, -0.2) is 50.7 Å². The molecule has 1 aliphatic carbocycles. The number of hydrogen-bond donors (Lipinski definition) is 2. The van der Waals surface area contributed by atoms with Crippen LogP contribution in [0.3, 0.4) is 0 Å². The highest BCUT2D eigenvalue weighted by molar-refractivity contribution is 5.85. The highest BCUT2D eigenvalue weighted by Gasteiger charge is 2.40. The van der Waals surface area contributed by atoms with Crippen LogP contribution in [-0.2, 0) is 24.2 Å². The van der Waals surface area contributed by atoms with Gasteiger partial charge in [-0.25, -0.2) is 9.67 Å². The van der Waals surface area contributed by atoms with Gasteiger partial charge in [0, 0.05) is 25.0 Å². The maximum Gasteiger partial charge on any atom is 0.244 e. The predicted octanol–water partition coefficient (Wildman–Crippen LogP) is 2.28. The second-order valence-electron chi connectivity index (χ2n) is 8.78. The van der Waals surface area contributed by atoms with Gasteiger partial charge in [0.05, 0.1) is 6.04 Å². The topological polar surface area (TPSA) is 89.1 Å². The molecule has 3 atom stereocenters. The number of nitrogens with one attached hydrogen (secondary N) is 1. The number of carbonyl (C=O) groups is 1. The normalized spacial score (nSPS) is 23.1. The molecule has 2 saturated heterocycles. The Bertz CT molecular complexity index is 872. The van der Waals surface area contributed by atoms with Crippen molar-refractivity contribution < 1.29 is 4.79 Å². The molecule has 1 aromatic carbocycles. The third kappa shape index (κ3) is 5.40. The van der Waals surface area contributed by atoms with Gasteiger partial charge in [-0.1, -0.05) is 30.3 Å². The van der Waals surface area contributed by atoms with Gasteiger partial charge in [0.15, 0.2) is 5.82 Å². The zero-order valence-electron chi connectivity index (χ0n) is 17.7. The second kappa shape index (κ2) is 10.3. The zero-order valence-corrected chi connectivity index (χ0v) is 19.3. The van der Waals surface area contributed by atoms with Gasteiger partial charge in [0.2, 0.25) is 5.91 Å². The number of rotatable bonds is 7. The van der Waals surface area contributed by atoms with Gasteiger partial charge in [-0.2, -0.15) is 5.10 Å². The summed E-state index contributed by atoms with van der Waals surface area (Å²) in [6.45, 7) is 2.07. The monoisotopic (exact) mass is 466 g/mol. The number of fused-ring (bicyclic) bond motifs is 1. The van der Waals surface area contributed by atoms with Crippen LogP contribution in [0.15, 0.2) is 30.3 Å². The first-order chi connectivity index (χ1) is 14.2. The molecule has 5 rings (SSSR count). The zero-order chi connectivity index (χ0) is 19.8. The first kappa shape index (κ1) is 24.0. The number of amides is 1. The Hall–Kier alpha value is -1.67. The number of likely N-dealkylation sites (tertiary alicyclic amines) is 1. The van der Waals surface area contributed by atoms with E-state index in [0.29, 0.717) is 24.4 Å². The molecule has 1 aromatic heterocycles. The van der Waals surface area contributed by atoms with Gasteiger partial charge >= 0.3 is 0 Å². The number of benzene rings is 1. The highest BCUT2D eigenvalue weighted by atomic mass is 35.5. The maximum atomic E-state index is 13.1. The van der Waals surface area contributed by atoms with Gasteiger partial charge in [0.25, 0.3) is 0 Å². The first-order valence-corrected chi connectivity index (χ1v) is 10.9. The molecular weight excluding hydrogens is 435 g/mol. The van der Waals surface area contributed by atoms with Crippen LogP contribution in [0.25, 0.3) is 0 Å². The lowest BCUT2D eigenvalue weighted by atomic mass is 10.1. The molecule has 170 valence electrons. The lowest BCUT2D eigenvalue weighted by Gasteiger charge is -2.24. The fourth-order valence-electron chi connectivity index (χ4n) is 4.81. The standard InChI is InChI=1S/C22H30N6O.2ClH/c23-17(12-15-4-2-1-3-5-15)22-25-20(13-16-6-7-16)26-28(22)14-21(29)27-11-9-18-19(27)8-10-24-18;;/h1-5,16-19,24H,6-14,23H2;2*1H/t17-,18+,19+;;/m1../s1. The van der Waals surface area contributed by atoms with Gasteiger partial charge < -0.3 is 16.0 Å². The Morgan fingerprint density at radius 3 is 2.68 bits per heavy atom. The largest absolute Gasteiger partial charge is 0.336 e. The molecule has 31 heavy (non-hydrogen) atoms. The van der Waals surface area contributed by atoms with Crippen LogP contribution < -0.4 is 11.1 Å². The molecular formula is C22H32Cl2N6O. The number of aromatic nitrogens is 3. The van der Waals surface area contributed by atoms with Crippen LogP contribution in [0.5, 0.6) is 0 Å².